The first-order valence-electron chi connectivity index (χ1n) is 6.17. The van der Waals surface area contributed by atoms with Gasteiger partial charge in [-0.1, -0.05) is 0 Å². The van der Waals surface area contributed by atoms with E-state index in [4.69, 9.17) is 4.74 Å². The van der Waals surface area contributed by atoms with E-state index in [1.165, 1.54) is 6.26 Å². The van der Waals surface area contributed by atoms with E-state index in [0.717, 1.165) is 38.3 Å². The Morgan fingerprint density at radius 2 is 2.06 bits per heavy atom. The van der Waals surface area contributed by atoms with Crippen LogP contribution in [0, 0.1) is 5.92 Å². The van der Waals surface area contributed by atoms with Gasteiger partial charge in [0.2, 0.25) is 0 Å². The normalized spacial score (nSPS) is 19.9. The van der Waals surface area contributed by atoms with Gasteiger partial charge in [-0.15, -0.1) is 0 Å². The summed E-state index contributed by atoms with van der Waals surface area (Å²) in [5, 5.41) is 3.30. The Labute approximate surface area is 108 Å². The molecule has 0 bridgehead atoms. The molecule has 0 saturated carbocycles. The van der Waals surface area contributed by atoms with Gasteiger partial charge in [0, 0.05) is 31.7 Å². The van der Waals surface area contributed by atoms with E-state index in [9.17, 15) is 8.42 Å². The van der Waals surface area contributed by atoms with E-state index in [1.807, 2.05) is 12.1 Å². The molecule has 1 aromatic rings. The lowest BCUT2D eigenvalue weighted by Crippen LogP contribution is -2.09. The zero-order valence-electron chi connectivity index (χ0n) is 10.6. The summed E-state index contributed by atoms with van der Waals surface area (Å²) in [6.07, 6.45) is 3.46. The van der Waals surface area contributed by atoms with E-state index < -0.39 is 9.84 Å². The van der Waals surface area contributed by atoms with Gasteiger partial charge in [0.05, 0.1) is 4.90 Å². The van der Waals surface area contributed by atoms with Crippen LogP contribution in [0.1, 0.15) is 12.8 Å². The van der Waals surface area contributed by atoms with E-state index >= 15 is 0 Å². The van der Waals surface area contributed by atoms with Crippen LogP contribution in [0.3, 0.4) is 0 Å². The van der Waals surface area contributed by atoms with Crippen LogP contribution in [0.15, 0.2) is 29.2 Å². The van der Waals surface area contributed by atoms with Crippen molar-refractivity contribution >= 4 is 15.5 Å². The first kappa shape index (κ1) is 13.4. The highest BCUT2D eigenvalue weighted by atomic mass is 32.2. The molecule has 0 amide bonds. The Morgan fingerprint density at radius 1 is 1.33 bits per heavy atom. The van der Waals surface area contributed by atoms with Crippen LogP contribution in [0.5, 0.6) is 0 Å². The maximum absolute atomic E-state index is 11.3. The van der Waals surface area contributed by atoms with Gasteiger partial charge in [0.15, 0.2) is 9.84 Å². The summed E-state index contributed by atoms with van der Waals surface area (Å²) >= 11 is 0. The zero-order valence-corrected chi connectivity index (χ0v) is 11.4. The van der Waals surface area contributed by atoms with E-state index in [1.54, 1.807) is 12.1 Å². The molecule has 2 rings (SSSR count). The lowest BCUT2D eigenvalue weighted by Gasteiger charge is -2.10. The number of hydrogen-bond acceptors (Lipinski definition) is 4. The van der Waals surface area contributed by atoms with Crippen molar-refractivity contribution in [2.45, 2.75) is 17.7 Å². The topological polar surface area (TPSA) is 55.4 Å². The van der Waals surface area contributed by atoms with Crippen LogP contribution in [-0.2, 0) is 14.6 Å². The molecule has 0 aliphatic carbocycles. The zero-order chi connectivity index (χ0) is 13.0. The number of hydrogen-bond donors (Lipinski definition) is 1. The lowest BCUT2D eigenvalue weighted by atomic mass is 10.1. The van der Waals surface area contributed by atoms with Crippen molar-refractivity contribution in [2.24, 2.45) is 5.92 Å². The summed E-state index contributed by atoms with van der Waals surface area (Å²) < 4.78 is 27.9. The molecule has 1 heterocycles. The molecule has 18 heavy (non-hydrogen) atoms. The fourth-order valence-corrected chi connectivity index (χ4v) is 2.68. The third-order valence-electron chi connectivity index (χ3n) is 3.19. The lowest BCUT2D eigenvalue weighted by molar-refractivity contribution is 0.185. The predicted molar refractivity (Wildman–Crippen MR) is 71.6 cm³/mol. The molecule has 100 valence electrons. The Kier molecular flexibility index (Phi) is 4.24. The number of sulfone groups is 1. The molecule has 1 unspecified atom stereocenters. The van der Waals surface area contributed by atoms with Gasteiger partial charge >= 0.3 is 0 Å². The van der Waals surface area contributed by atoms with Gasteiger partial charge in [0.1, 0.15) is 0 Å². The molecule has 1 fully saturated rings. The standard InChI is InChI=1S/C13H19NO3S/c1-18(15,16)13-4-2-12(3-5-13)14-8-6-11-7-9-17-10-11/h2-5,11,14H,6-10H2,1H3. The van der Waals surface area contributed by atoms with Crippen LogP contribution in [0.2, 0.25) is 0 Å². The summed E-state index contributed by atoms with van der Waals surface area (Å²) in [6.45, 7) is 2.65. The maximum atomic E-state index is 11.3. The smallest absolute Gasteiger partial charge is 0.175 e. The van der Waals surface area contributed by atoms with Gasteiger partial charge in [-0.25, -0.2) is 8.42 Å². The number of anilines is 1. The molecule has 1 aliphatic heterocycles. The Bertz CT molecular complexity index is 475. The van der Waals surface area contributed by atoms with Gasteiger partial charge in [-0.2, -0.15) is 0 Å². The van der Waals surface area contributed by atoms with Crippen molar-refractivity contribution in [2.75, 3.05) is 31.3 Å². The molecule has 1 saturated heterocycles. The molecule has 1 aromatic carbocycles. The fourth-order valence-electron chi connectivity index (χ4n) is 2.05. The van der Waals surface area contributed by atoms with Crippen LogP contribution >= 0.6 is 0 Å². The summed E-state index contributed by atoms with van der Waals surface area (Å²) in [5.41, 5.74) is 0.960. The Hall–Kier alpha value is -1.07. The Balaban J connectivity index is 1.83. The van der Waals surface area contributed by atoms with E-state index in [0.29, 0.717) is 10.8 Å². The third kappa shape index (κ3) is 3.71. The predicted octanol–water partition coefficient (Wildman–Crippen LogP) is 1.93. The minimum Gasteiger partial charge on any atom is -0.385 e. The van der Waals surface area contributed by atoms with Crippen molar-refractivity contribution in [3.8, 4) is 0 Å². The molecule has 4 nitrogen and oxygen atoms in total. The molecular formula is C13H19NO3S. The second-order valence-corrected chi connectivity index (χ2v) is 6.76. The molecule has 0 aromatic heterocycles. The second-order valence-electron chi connectivity index (χ2n) is 4.74. The van der Waals surface area contributed by atoms with E-state index in [2.05, 4.69) is 5.32 Å². The highest BCUT2D eigenvalue weighted by Crippen LogP contribution is 2.17. The summed E-state index contributed by atoms with van der Waals surface area (Å²) in [7, 11) is -3.10. The van der Waals surface area contributed by atoms with Gasteiger partial charge in [0.25, 0.3) is 0 Å². The van der Waals surface area contributed by atoms with Crippen molar-refractivity contribution < 1.29 is 13.2 Å². The van der Waals surface area contributed by atoms with Crippen LogP contribution in [0.25, 0.3) is 0 Å². The average Bonchev–Trinajstić information content (AvgIpc) is 2.82. The van der Waals surface area contributed by atoms with Crippen molar-refractivity contribution in [3.05, 3.63) is 24.3 Å². The van der Waals surface area contributed by atoms with Gasteiger partial charge in [-0.3, -0.25) is 0 Å². The largest absolute Gasteiger partial charge is 0.385 e. The first-order chi connectivity index (χ1) is 8.55. The number of ether oxygens (including phenoxy) is 1. The van der Waals surface area contributed by atoms with Crippen LogP contribution < -0.4 is 5.32 Å². The SMILES string of the molecule is CS(=O)(=O)c1ccc(NCCC2CCOC2)cc1. The monoisotopic (exact) mass is 269 g/mol. The highest BCUT2D eigenvalue weighted by Gasteiger charge is 2.14. The third-order valence-corrected chi connectivity index (χ3v) is 4.32. The minimum atomic E-state index is -3.10. The fraction of sp³-hybridized carbons (Fsp3) is 0.538. The van der Waals surface area contributed by atoms with E-state index in [-0.39, 0.29) is 0 Å². The molecule has 1 aliphatic rings. The van der Waals surface area contributed by atoms with Crippen LogP contribution in [0.4, 0.5) is 5.69 Å². The minimum absolute atomic E-state index is 0.359. The molecular weight excluding hydrogens is 250 g/mol. The van der Waals surface area contributed by atoms with Gasteiger partial charge < -0.3 is 10.1 Å². The summed E-state index contributed by atoms with van der Waals surface area (Å²) in [5.74, 6) is 0.660. The number of benzene rings is 1. The van der Waals surface area contributed by atoms with Crippen molar-refractivity contribution in [3.63, 3.8) is 0 Å². The first-order valence-corrected chi connectivity index (χ1v) is 8.06. The average molecular weight is 269 g/mol. The summed E-state index contributed by atoms with van der Waals surface area (Å²) in [6, 6.07) is 6.88. The maximum Gasteiger partial charge on any atom is 0.175 e. The van der Waals surface area contributed by atoms with Crippen molar-refractivity contribution in [1.29, 1.82) is 0 Å². The number of rotatable bonds is 5. The molecule has 5 heteroatoms. The molecule has 1 N–H and O–H groups in total. The van der Waals surface area contributed by atoms with Crippen molar-refractivity contribution in [1.82, 2.24) is 0 Å². The van der Waals surface area contributed by atoms with Gasteiger partial charge in [-0.05, 0) is 43.0 Å². The summed E-state index contributed by atoms with van der Waals surface area (Å²) in [4.78, 5) is 0.359. The highest BCUT2D eigenvalue weighted by molar-refractivity contribution is 7.90. The second kappa shape index (κ2) is 5.71. The van der Waals surface area contributed by atoms with Crippen LogP contribution in [-0.4, -0.2) is 34.4 Å². The molecule has 0 radical (unpaired) electrons. The molecule has 0 spiro atoms. The Morgan fingerprint density at radius 3 is 2.61 bits per heavy atom. The molecule has 1 atom stereocenters. The quantitative estimate of drug-likeness (QED) is 0.887. The number of nitrogens with one attached hydrogen (secondary N) is 1.